The van der Waals surface area contributed by atoms with Crippen molar-refractivity contribution in [1.29, 1.82) is 0 Å². The maximum atomic E-state index is 3.61. The summed E-state index contributed by atoms with van der Waals surface area (Å²) in [4.78, 5) is 0. The third-order valence-electron chi connectivity index (χ3n) is 4.90. The van der Waals surface area contributed by atoms with E-state index in [-0.39, 0.29) is 0 Å². The first-order chi connectivity index (χ1) is 12.4. The molecule has 0 radical (unpaired) electrons. The molecular weight excluding hydrogens is 302 g/mol. The van der Waals surface area contributed by atoms with Crippen molar-refractivity contribution in [3.8, 4) is 0 Å². The van der Waals surface area contributed by atoms with Crippen molar-refractivity contribution in [2.45, 2.75) is 12.8 Å². The minimum absolute atomic E-state index is 1.01. The first-order valence-corrected chi connectivity index (χ1v) is 9.06. The lowest BCUT2D eigenvalue weighted by Gasteiger charge is -2.09. The fraction of sp³-hybridized carbons (Fsp3) is 0.167. The number of rotatable bonds is 6. The molecular formula is C24H23N. The van der Waals surface area contributed by atoms with Crippen LogP contribution in [0.3, 0.4) is 0 Å². The van der Waals surface area contributed by atoms with Crippen LogP contribution >= 0.6 is 0 Å². The Morgan fingerprint density at radius 1 is 0.480 bits per heavy atom. The maximum absolute atomic E-state index is 3.61. The van der Waals surface area contributed by atoms with Crippen LogP contribution < -0.4 is 5.32 Å². The molecule has 1 nitrogen and oxygen atoms in total. The average Bonchev–Trinajstić information content (AvgIpc) is 2.68. The van der Waals surface area contributed by atoms with Gasteiger partial charge in [0, 0.05) is 0 Å². The van der Waals surface area contributed by atoms with Crippen LogP contribution in [0, 0.1) is 0 Å². The number of benzene rings is 4. The van der Waals surface area contributed by atoms with Gasteiger partial charge in [-0.1, -0.05) is 84.9 Å². The average molecular weight is 325 g/mol. The Labute approximate surface area is 149 Å². The molecule has 4 aromatic carbocycles. The van der Waals surface area contributed by atoms with Crippen molar-refractivity contribution < 1.29 is 0 Å². The zero-order valence-corrected chi connectivity index (χ0v) is 14.4. The summed E-state index contributed by atoms with van der Waals surface area (Å²) in [5.41, 5.74) is 2.85. The molecule has 0 aliphatic rings. The van der Waals surface area contributed by atoms with Gasteiger partial charge in [-0.25, -0.2) is 0 Å². The smallest absolute Gasteiger partial charge is 0.000800 e. The van der Waals surface area contributed by atoms with Crippen LogP contribution in [0.4, 0.5) is 0 Å². The summed E-state index contributed by atoms with van der Waals surface area (Å²) in [6.45, 7) is 2.03. The second-order valence-electron chi connectivity index (χ2n) is 6.53. The first kappa shape index (κ1) is 15.9. The molecule has 1 N–H and O–H groups in total. The van der Waals surface area contributed by atoms with E-state index in [9.17, 15) is 0 Å². The van der Waals surface area contributed by atoms with Gasteiger partial charge in [-0.2, -0.15) is 0 Å². The van der Waals surface area contributed by atoms with E-state index in [1.807, 2.05) is 0 Å². The Bertz CT molecular complexity index is 895. The molecule has 0 bridgehead atoms. The van der Waals surface area contributed by atoms with E-state index in [1.165, 1.54) is 32.7 Å². The van der Waals surface area contributed by atoms with Gasteiger partial charge in [-0.05, 0) is 58.6 Å². The van der Waals surface area contributed by atoms with Crippen LogP contribution in [0.2, 0.25) is 0 Å². The van der Waals surface area contributed by atoms with Gasteiger partial charge in [-0.15, -0.1) is 0 Å². The third kappa shape index (κ3) is 3.57. The maximum Gasteiger partial charge on any atom is -0.000800 e. The van der Waals surface area contributed by atoms with E-state index in [2.05, 4.69) is 90.2 Å². The summed E-state index contributed by atoms with van der Waals surface area (Å²) < 4.78 is 0. The predicted octanol–water partition coefficient (Wildman–Crippen LogP) is 5.37. The second-order valence-corrected chi connectivity index (χ2v) is 6.53. The van der Waals surface area contributed by atoms with Crippen molar-refractivity contribution in [2.24, 2.45) is 0 Å². The van der Waals surface area contributed by atoms with Gasteiger partial charge >= 0.3 is 0 Å². The molecule has 4 rings (SSSR count). The highest BCUT2D eigenvalue weighted by Crippen LogP contribution is 2.19. The minimum atomic E-state index is 1.01. The Morgan fingerprint density at radius 2 is 0.920 bits per heavy atom. The lowest BCUT2D eigenvalue weighted by atomic mass is 10.0. The quantitative estimate of drug-likeness (QED) is 0.470. The normalized spacial score (nSPS) is 11.2. The van der Waals surface area contributed by atoms with Crippen molar-refractivity contribution >= 4 is 21.5 Å². The molecule has 0 atom stereocenters. The highest BCUT2D eigenvalue weighted by molar-refractivity contribution is 5.86. The molecule has 0 aliphatic heterocycles. The standard InChI is InChI=1S/C24H23N/c1-3-13-23-19(7-1)9-5-11-21(23)15-17-25-18-16-22-12-6-10-20-8-2-4-14-24(20)22/h1-14,25H,15-18H2. The van der Waals surface area contributed by atoms with Gasteiger partial charge < -0.3 is 5.32 Å². The number of hydrogen-bond acceptors (Lipinski definition) is 1. The molecule has 0 saturated carbocycles. The van der Waals surface area contributed by atoms with Crippen molar-refractivity contribution in [3.05, 3.63) is 96.1 Å². The molecule has 1 heteroatoms. The molecule has 0 unspecified atom stereocenters. The number of nitrogens with one attached hydrogen (secondary N) is 1. The van der Waals surface area contributed by atoms with E-state index in [1.54, 1.807) is 0 Å². The fourth-order valence-corrected chi connectivity index (χ4v) is 3.59. The molecule has 0 amide bonds. The Hall–Kier alpha value is -2.64. The van der Waals surface area contributed by atoms with Crippen LogP contribution in [-0.4, -0.2) is 13.1 Å². The number of fused-ring (bicyclic) bond motifs is 2. The molecule has 0 aliphatic carbocycles. The lowest BCUT2D eigenvalue weighted by molar-refractivity contribution is 0.684. The first-order valence-electron chi connectivity index (χ1n) is 9.06. The number of hydrogen-bond donors (Lipinski definition) is 1. The van der Waals surface area contributed by atoms with Crippen molar-refractivity contribution in [1.82, 2.24) is 5.32 Å². The third-order valence-corrected chi connectivity index (χ3v) is 4.90. The summed E-state index contributed by atoms with van der Waals surface area (Å²) >= 11 is 0. The lowest BCUT2D eigenvalue weighted by Crippen LogP contribution is -2.20. The van der Waals surface area contributed by atoms with Gasteiger partial charge in [0.15, 0.2) is 0 Å². The van der Waals surface area contributed by atoms with Crippen molar-refractivity contribution in [2.75, 3.05) is 13.1 Å². The van der Waals surface area contributed by atoms with Gasteiger partial charge in [-0.3, -0.25) is 0 Å². The van der Waals surface area contributed by atoms with Crippen LogP contribution in [-0.2, 0) is 12.8 Å². The monoisotopic (exact) mass is 325 g/mol. The van der Waals surface area contributed by atoms with Crippen LogP contribution in [0.5, 0.6) is 0 Å². The SMILES string of the molecule is c1ccc2c(CCNCCc3cccc4ccccc34)cccc2c1. The van der Waals surface area contributed by atoms with Gasteiger partial charge in [0.2, 0.25) is 0 Å². The van der Waals surface area contributed by atoms with Gasteiger partial charge in [0.25, 0.3) is 0 Å². The zero-order valence-electron chi connectivity index (χ0n) is 14.4. The topological polar surface area (TPSA) is 12.0 Å². The van der Waals surface area contributed by atoms with Crippen molar-refractivity contribution in [3.63, 3.8) is 0 Å². The summed E-state index contributed by atoms with van der Waals surface area (Å²) in [6.07, 6.45) is 2.13. The highest BCUT2D eigenvalue weighted by atomic mass is 14.8. The van der Waals surface area contributed by atoms with E-state index >= 15 is 0 Å². The summed E-state index contributed by atoms with van der Waals surface area (Å²) in [5, 5.41) is 9.02. The Morgan fingerprint density at radius 3 is 1.44 bits per heavy atom. The molecule has 0 aromatic heterocycles. The minimum Gasteiger partial charge on any atom is -0.316 e. The molecule has 0 heterocycles. The van der Waals surface area contributed by atoms with E-state index < -0.39 is 0 Å². The zero-order chi connectivity index (χ0) is 16.9. The second kappa shape index (κ2) is 7.50. The van der Waals surface area contributed by atoms with E-state index in [0.717, 1.165) is 25.9 Å². The van der Waals surface area contributed by atoms with Crippen LogP contribution in [0.25, 0.3) is 21.5 Å². The van der Waals surface area contributed by atoms with Crippen LogP contribution in [0.1, 0.15) is 11.1 Å². The van der Waals surface area contributed by atoms with Gasteiger partial charge in [0.1, 0.15) is 0 Å². The predicted molar refractivity (Wildman–Crippen MR) is 108 cm³/mol. The molecule has 4 aromatic rings. The molecule has 0 spiro atoms. The molecule has 25 heavy (non-hydrogen) atoms. The van der Waals surface area contributed by atoms with E-state index in [4.69, 9.17) is 0 Å². The Kier molecular flexibility index (Phi) is 4.76. The fourth-order valence-electron chi connectivity index (χ4n) is 3.59. The van der Waals surface area contributed by atoms with Crippen LogP contribution in [0.15, 0.2) is 84.9 Å². The Balaban J connectivity index is 1.35. The molecule has 0 saturated heterocycles. The molecule has 124 valence electrons. The van der Waals surface area contributed by atoms with E-state index in [0.29, 0.717) is 0 Å². The summed E-state index contributed by atoms with van der Waals surface area (Å²) in [6, 6.07) is 30.5. The largest absolute Gasteiger partial charge is 0.316 e. The highest BCUT2D eigenvalue weighted by Gasteiger charge is 2.02. The molecule has 0 fully saturated rings. The summed E-state index contributed by atoms with van der Waals surface area (Å²) in [7, 11) is 0. The summed E-state index contributed by atoms with van der Waals surface area (Å²) in [5.74, 6) is 0. The van der Waals surface area contributed by atoms with Gasteiger partial charge in [0.05, 0.1) is 0 Å².